The first-order chi connectivity index (χ1) is 22.9. The highest BCUT2D eigenvalue weighted by Crippen LogP contribution is 2.08. The molecule has 0 fully saturated rings. The zero-order valence-corrected chi connectivity index (χ0v) is 29.8. The van der Waals surface area contributed by atoms with E-state index in [0.717, 1.165) is 26.1 Å². The molecule has 0 saturated carbocycles. The van der Waals surface area contributed by atoms with E-state index < -0.39 is 0 Å². The molecule has 0 aliphatic heterocycles. The first kappa shape index (κ1) is 45.6. The quantitative estimate of drug-likeness (QED) is 0.0770. The molecule has 0 aromatic heterocycles. The summed E-state index contributed by atoms with van der Waals surface area (Å²) in [4.78, 5) is 0. The second-order valence-electron chi connectivity index (χ2n) is 10.9. The number of hydrogen-bond donors (Lipinski definition) is 0. The van der Waals surface area contributed by atoms with Crippen molar-refractivity contribution in [1.29, 1.82) is 0 Å². The van der Waals surface area contributed by atoms with E-state index in [1.165, 1.54) is 57.8 Å². The summed E-state index contributed by atoms with van der Waals surface area (Å²) in [6, 6.07) is 0. The lowest BCUT2D eigenvalue weighted by molar-refractivity contribution is -0.0275. The van der Waals surface area contributed by atoms with Crippen LogP contribution >= 0.6 is 0 Å². The maximum Gasteiger partial charge on any atom is 0.0701 e. The maximum absolute atomic E-state index is 5.62. The van der Waals surface area contributed by atoms with Crippen LogP contribution in [0.1, 0.15) is 84.5 Å². The van der Waals surface area contributed by atoms with E-state index in [1.54, 1.807) is 0 Å². The molecule has 0 aliphatic carbocycles. The molecule has 0 aliphatic rings. The first-order valence-electron chi connectivity index (χ1n) is 18.3. The van der Waals surface area contributed by atoms with Gasteiger partial charge in [-0.15, -0.1) is 0 Å². The normalized spacial score (nSPS) is 11.6. The van der Waals surface area contributed by atoms with E-state index in [9.17, 15) is 0 Å². The van der Waals surface area contributed by atoms with E-state index in [2.05, 4.69) is 13.8 Å². The van der Waals surface area contributed by atoms with E-state index >= 15 is 0 Å². The average Bonchev–Trinajstić information content (AvgIpc) is 3.07. The third-order valence-electron chi connectivity index (χ3n) is 6.75. The fourth-order valence-electron chi connectivity index (χ4n) is 4.09. The van der Waals surface area contributed by atoms with Crippen molar-refractivity contribution in [2.45, 2.75) is 84.5 Å². The van der Waals surface area contributed by atoms with Crippen LogP contribution in [0.15, 0.2) is 0 Å². The van der Waals surface area contributed by atoms with Crippen molar-refractivity contribution in [1.82, 2.24) is 0 Å². The van der Waals surface area contributed by atoms with Gasteiger partial charge in [-0.2, -0.15) is 0 Å². The van der Waals surface area contributed by atoms with Crippen LogP contribution in [0.3, 0.4) is 0 Å². The Morgan fingerprint density at radius 2 is 0.326 bits per heavy atom. The molecule has 0 heterocycles. The molecule has 11 heteroatoms. The summed E-state index contributed by atoms with van der Waals surface area (Å²) in [6.45, 7) is 17.3. The van der Waals surface area contributed by atoms with Crippen LogP contribution in [0.5, 0.6) is 0 Å². The smallest absolute Gasteiger partial charge is 0.0701 e. The van der Waals surface area contributed by atoms with Crippen molar-refractivity contribution in [3.8, 4) is 0 Å². The van der Waals surface area contributed by atoms with E-state index in [1.807, 2.05) is 0 Å². The Hall–Kier alpha value is -0.440. The molecule has 11 nitrogen and oxygen atoms in total. The lowest BCUT2D eigenvalue weighted by Gasteiger charge is -2.09. The summed E-state index contributed by atoms with van der Waals surface area (Å²) in [5.74, 6) is 0. The monoisotopic (exact) mass is 669 g/mol. The number of hydrogen-bond acceptors (Lipinski definition) is 11. The van der Waals surface area contributed by atoms with Crippen molar-refractivity contribution >= 4 is 0 Å². The summed E-state index contributed by atoms with van der Waals surface area (Å²) in [5.41, 5.74) is 0. The summed E-state index contributed by atoms with van der Waals surface area (Å²) in [6.07, 6.45) is 14.1. The van der Waals surface area contributed by atoms with Crippen LogP contribution in [0.2, 0.25) is 0 Å². The lowest BCUT2D eigenvalue weighted by atomic mass is 10.1. The number of ether oxygens (including phenoxy) is 11. The number of rotatable bonds is 43. The predicted molar refractivity (Wildman–Crippen MR) is 181 cm³/mol. The van der Waals surface area contributed by atoms with Crippen LogP contribution in [0, 0.1) is 0 Å². The fraction of sp³-hybridized carbons (Fsp3) is 1.00. The third kappa shape index (κ3) is 43.6. The van der Waals surface area contributed by atoms with Gasteiger partial charge in [0.2, 0.25) is 0 Å². The molecule has 0 unspecified atom stereocenters. The maximum atomic E-state index is 5.62. The second kappa shape index (κ2) is 44.6. The Morgan fingerprint density at radius 3 is 0.565 bits per heavy atom. The van der Waals surface area contributed by atoms with Crippen LogP contribution in [-0.4, -0.2) is 145 Å². The van der Waals surface area contributed by atoms with Gasteiger partial charge in [0, 0.05) is 13.2 Å². The molecule has 0 radical (unpaired) electrons. The molecule has 0 bridgehead atoms. The molecule has 0 rings (SSSR count). The van der Waals surface area contributed by atoms with E-state index in [-0.39, 0.29) is 0 Å². The number of unbranched alkanes of at least 4 members (excludes halogenated alkanes) is 9. The summed E-state index contributed by atoms with van der Waals surface area (Å²) < 4.78 is 60.6. The van der Waals surface area contributed by atoms with Crippen LogP contribution in [0.25, 0.3) is 0 Å². The topological polar surface area (TPSA) is 102 Å². The minimum absolute atomic E-state index is 0.528. The second-order valence-corrected chi connectivity index (χ2v) is 10.9. The molecule has 46 heavy (non-hydrogen) atoms. The van der Waals surface area contributed by atoms with Gasteiger partial charge in [0.1, 0.15) is 0 Å². The lowest BCUT2D eigenvalue weighted by Crippen LogP contribution is -2.15. The summed E-state index contributed by atoms with van der Waals surface area (Å²) in [5, 5.41) is 0. The highest BCUT2D eigenvalue weighted by Gasteiger charge is 1.97. The standard InChI is InChI=1S/C35H72O11/c1-3-5-7-8-9-10-11-13-15-37-17-19-39-21-23-41-25-27-43-29-31-45-33-35-46-34-32-44-30-28-42-26-24-40-22-20-38-18-16-36-14-12-6-4-2/h3-35H2,1-2H3. The minimum atomic E-state index is 0.528. The van der Waals surface area contributed by atoms with E-state index in [4.69, 9.17) is 52.1 Å². The van der Waals surface area contributed by atoms with Crippen molar-refractivity contribution in [2.24, 2.45) is 0 Å². The highest BCUT2D eigenvalue weighted by atomic mass is 16.6. The van der Waals surface area contributed by atoms with Gasteiger partial charge < -0.3 is 52.1 Å². The molecular weight excluding hydrogens is 596 g/mol. The van der Waals surface area contributed by atoms with Crippen LogP contribution < -0.4 is 0 Å². The Bertz CT molecular complexity index is 473. The molecule has 0 aromatic rings. The van der Waals surface area contributed by atoms with Crippen molar-refractivity contribution in [2.75, 3.05) is 145 Å². The summed E-state index contributed by atoms with van der Waals surface area (Å²) in [7, 11) is 0. The van der Waals surface area contributed by atoms with Gasteiger partial charge >= 0.3 is 0 Å². The molecule has 0 amide bonds. The molecule has 0 atom stereocenters. The van der Waals surface area contributed by atoms with Gasteiger partial charge in [-0.05, 0) is 12.8 Å². The Balaban J connectivity index is 3.03. The zero-order chi connectivity index (χ0) is 33.1. The predicted octanol–water partition coefficient (Wildman–Crippen LogP) is 5.50. The van der Waals surface area contributed by atoms with E-state index in [0.29, 0.717) is 132 Å². The van der Waals surface area contributed by atoms with Gasteiger partial charge in [-0.3, -0.25) is 0 Å². The SMILES string of the molecule is CCCCCCCCCCOCCOCCOCCOCCOCCOCCOCCOCCOCCOCCOCCCCC. The molecular formula is C35H72O11. The zero-order valence-electron chi connectivity index (χ0n) is 29.8. The van der Waals surface area contributed by atoms with Crippen molar-refractivity contribution in [3.05, 3.63) is 0 Å². The summed E-state index contributed by atoms with van der Waals surface area (Å²) >= 11 is 0. The Morgan fingerprint density at radius 1 is 0.174 bits per heavy atom. The van der Waals surface area contributed by atoms with Crippen LogP contribution in [-0.2, 0) is 52.1 Å². The van der Waals surface area contributed by atoms with Gasteiger partial charge in [-0.1, -0.05) is 71.6 Å². The molecule has 0 aromatic carbocycles. The van der Waals surface area contributed by atoms with Gasteiger partial charge in [0.05, 0.1) is 132 Å². The largest absolute Gasteiger partial charge is 0.379 e. The average molecular weight is 669 g/mol. The molecule has 278 valence electrons. The fourth-order valence-corrected chi connectivity index (χ4v) is 4.09. The Labute approximate surface area is 281 Å². The Kier molecular flexibility index (Phi) is 44.1. The minimum Gasteiger partial charge on any atom is -0.379 e. The molecule has 0 spiro atoms. The van der Waals surface area contributed by atoms with Crippen LogP contribution in [0.4, 0.5) is 0 Å². The van der Waals surface area contributed by atoms with Gasteiger partial charge in [-0.25, -0.2) is 0 Å². The van der Waals surface area contributed by atoms with Crippen molar-refractivity contribution < 1.29 is 52.1 Å². The molecule has 0 N–H and O–H groups in total. The third-order valence-corrected chi connectivity index (χ3v) is 6.75. The first-order valence-corrected chi connectivity index (χ1v) is 18.3. The van der Waals surface area contributed by atoms with Crippen molar-refractivity contribution in [3.63, 3.8) is 0 Å². The highest BCUT2D eigenvalue weighted by molar-refractivity contribution is 4.46. The van der Waals surface area contributed by atoms with Gasteiger partial charge in [0.25, 0.3) is 0 Å². The molecule has 0 saturated heterocycles. The van der Waals surface area contributed by atoms with Gasteiger partial charge in [0.15, 0.2) is 0 Å².